The van der Waals surface area contributed by atoms with Crippen LogP contribution in [0.1, 0.15) is 0 Å². The summed E-state index contributed by atoms with van der Waals surface area (Å²) in [5, 5.41) is 7.33. The Bertz CT molecular complexity index is 3280. The zero-order chi connectivity index (χ0) is 37.7. The van der Waals surface area contributed by atoms with Crippen LogP contribution in [0, 0.1) is 0 Å². The molecule has 0 aliphatic carbocycles. The molecule has 57 heavy (non-hydrogen) atoms. The first-order valence-corrected chi connectivity index (χ1v) is 20.0. The smallest absolute Gasteiger partial charge is 0.164 e. The summed E-state index contributed by atoms with van der Waals surface area (Å²) in [6.07, 6.45) is 0. The van der Waals surface area contributed by atoms with Crippen LogP contribution in [0.2, 0.25) is 0 Å². The third kappa shape index (κ3) is 5.95. The van der Waals surface area contributed by atoms with E-state index in [2.05, 4.69) is 176 Å². The normalized spacial score (nSPS) is 11.5. The third-order valence-corrected chi connectivity index (χ3v) is 12.1. The number of hydrogen-bond donors (Lipinski definition) is 0. The molecule has 11 rings (SSSR count). The van der Waals surface area contributed by atoms with E-state index in [0.717, 1.165) is 33.2 Å². The molecule has 0 amide bonds. The van der Waals surface area contributed by atoms with Crippen molar-refractivity contribution in [2.24, 2.45) is 0 Å². The first-order chi connectivity index (χ1) is 28.2. The molecule has 0 radical (unpaired) electrons. The van der Waals surface area contributed by atoms with Crippen molar-refractivity contribution in [2.45, 2.75) is 0 Å². The van der Waals surface area contributed by atoms with Crippen molar-refractivity contribution in [2.75, 3.05) is 0 Å². The van der Waals surface area contributed by atoms with Crippen molar-refractivity contribution in [3.05, 3.63) is 200 Å². The Hall–Kier alpha value is -7.27. The van der Waals surface area contributed by atoms with Gasteiger partial charge < -0.3 is 0 Å². The molecular formula is C53H33N3S. The molecule has 0 N–H and O–H groups in total. The molecule has 0 fully saturated rings. The maximum atomic E-state index is 5.24. The van der Waals surface area contributed by atoms with Crippen LogP contribution in [0.3, 0.4) is 0 Å². The van der Waals surface area contributed by atoms with Gasteiger partial charge in [0, 0.05) is 36.9 Å². The number of hydrogen-bond acceptors (Lipinski definition) is 4. The van der Waals surface area contributed by atoms with Crippen LogP contribution >= 0.6 is 11.3 Å². The molecule has 4 heteroatoms. The van der Waals surface area contributed by atoms with Gasteiger partial charge in [0.2, 0.25) is 0 Å². The molecule has 0 atom stereocenters. The molecule has 0 unspecified atom stereocenters. The van der Waals surface area contributed by atoms with Gasteiger partial charge in [-0.05, 0) is 73.1 Å². The van der Waals surface area contributed by atoms with Gasteiger partial charge in [0.1, 0.15) is 0 Å². The number of aromatic nitrogens is 3. The van der Waals surface area contributed by atoms with Gasteiger partial charge in [-0.25, -0.2) is 15.0 Å². The fourth-order valence-corrected chi connectivity index (χ4v) is 9.39. The predicted octanol–water partition coefficient (Wildman–Crippen LogP) is 14.5. The van der Waals surface area contributed by atoms with E-state index in [9.17, 15) is 0 Å². The second-order valence-electron chi connectivity index (χ2n) is 14.4. The van der Waals surface area contributed by atoms with Crippen molar-refractivity contribution in [3.8, 4) is 67.5 Å². The van der Waals surface area contributed by atoms with Gasteiger partial charge in [-0.15, -0.1) is 11.3 Å². The molecule has 0 aliphatic rings. The maximum Gasteiger partial charge on any atom is 0.164 e. The lowest BCUT2D eigenvalue weighted by atomic mass is 9.96. The van der Waals surface area contributed by atoms with Crippen LogP contribution in [0.25, 0.3) is 109 Å². The van der Waals surface area contributed by atoms with Crippen LogP contribution < -0.4 is 0 Å². The van der Waals surface area contributed by atoms with Crippen molar-refractivity contribution in [1.29, 1.82) is 0 Å². The van der Waals surface area contributed by atoms with Crippen molar-refractivity contribution in [3.63, 3.8) is 0 Å². The fourth-order valence-electron chi connectivity index (χ4n) is 8.10. The molecule has 2 heterocycles. The Morgan fingerprint density at radius 2 is 0.842 bits per heavy atom. The van der Waals surface area contributed by atoms with E-state index in [-0.39, 0.29) is 0 Å². The summed E-state index contributed by atoms with van der Waals surface area (Å²) < 4.78 is 2.47. The van der Waals surface area contributed by atoms with E-state index in [4.69, 9.17) is 15.0 Å². The molecular weight excluding hydrogens is 711 g/mol. The molecule has 0 bridgehead atoms. The highest BCUT2D eigenvalue weighted by Crippen LogP contribution is 2.45. The first kappa shape index (κ1) is 33.1. The minimum Gasteiger partial charge on any atom is -0.208 e. The summed E-state index contributed by atoms with van der Waals surface area (Å²) in [4.78, 5) is 15.5. The molecule has 9 aromatic carbocycles. The third-order valence-electron chi connectivity index (χ3n) is 10.9. The van der Waals surface area contributed by atoms with Crippen LogP contribution in [0.15, 0.2) is 200 Å². The number of nitrogens with zero attached hydrogens (tertiary/aromatic N) is 3. The van der Waals surface area contributed by atoms with Crippen LogP contribution in [0.4, 0.5) is 0 Å². The van der Waals surface area contributed by atoms with Crippen molar-refractivity contribution < 1.29 is 0 Å². The fraction of sp³-hybridized carbons (Fsp3) is 0. The average molecular weight is 744 g/mol. The van der Waals surface area contributed by atoms with Crippen LogP contribution in [-0.2, 0) is 0 Å². The first-order valence-electron chi connectivity index (χ1n) is 19.2. The van der Waals surface area contributed by atoms with Gasteiger partial charge >= 0.3 is 0 Å². The van der Waals surface area contributed by atoms with Gasteiger partial charge in [0.05, 0.1) is 0 Å². The van der Waals surface area contributed by atoms with E-state index in [1.165, 1.54) is 58.6 Å². The quantitative estimate of drug-likeness (QED) is 0.170. The Kier molecular flexibility index (Phi) is 8.01. The molecule has 0 aliphatic heterocycles. The van der Waals surface area contributed by atoms with Gasteiger partial charge in [0.25, 0.3) is 0 Å². The second-order valence-corrected chi connectivity index (χ2v) is 15.4. The lowest BCUT2D eigenvalue weighted by molar-refractivity contribution is 1.08. The SMILES string of the molecule is c1ccc(-c2cccc(-c3nc(-c4ccccc4)nc(-c4cc5sc6c(-c7ccc(-c8ccc9ccccc9c8)cc7)cccc6c5c5ccccc45)n3)c2)cc1. The van der Waals surface area contributed by atoms with Gasteiger partial charge in [-0.2, -0.15) is 0 Å². The van der Waals surface area contributed by atoms with E-state index < -0.39 is 0 Å². The Morgan fingerprint density at radius 1 is 0.298 bits per heavy atom. The predicted molar refractivity (Wildman–Crippen MR) is 240 cm³/mol. The largest absolute Gasteiger partial charge is 0.208 e. The van der Waals surface area contributed by atoms with Crippen LogP contribution in [0.5, 0.6) is 0 Å². The van der Waals surface area contributed by atoms with Gasteiger partial charge in [-0.3, -0.25) is 0 Å². The number of thiophene rings is 1. The highest BCUT2D eigenvalue weighted by atomic mass is 32.1. The van der Waals surface area contributed by atoms with E-state index in [1.54, 1.807) is 0 Å². The monoisotopic (exact) mass is 743 g/mol. The van der Waals surface area contributed by atoms with E-state index in [1.807, 2.05) is 35.6 Å². The average Bonchev–Trinajstić information content (AvgIpc) is 3.68. The zero-order valence-electron chi connectivity index (χ0n) is 30.8. The highest BCUT2D eigenvalue weighted by Gasteiger charge is 2.19. The summed E-state index contributed by atoms with van der Waals surface area (Å²) in [5.74, 6) is 1.95. The van der Waals surface area contributed by atoms with E-state index >= 15 is 0 Å². The second kappa shape index (κ2) is 13.8. The lowest BCUT2D eigenvalue weighted by Gasteiger charge is -2.12. The summed E-state index contributed by atoms with van der Waals surface area (Å²) in [7, 11) is 0. The molecule has 0 saturated carbocycles. The van der Waals surface area contributed by atoms with Crippen molar-refractivity contribution >= 4 is 53.1 Å². The number of rotatable bonds is 6. The van der Waals surface area contributed by atoms with E-state index in [0.29, 0.717) is 17.5 Å². The standard InChI is InChI=1S/C53H33N3S/c1-3-13-34(14-4-1)40-19-11-20-42(32-40)52-54-51(38-16-5-2-6-17-38)55-53(56-52)47-33-48-49(45-22-10-9-21-44(45)47)46-24-12-23-43(50(46)57-48)37-28-25-36(26-29-37)41-30-27-35-15-7-8-18-39(35)31-41/h1-33H. The molecule has 0 spiro atoms. The molecule has 2 aromatic heterocycles. The van der Waals surface area contributed by atoms with Crippen LogP contribution in [-0.4, -0.2) is 15.0 Å². The Morgan fingerprint density at radius 3 is 1.65 bits per heavy atom. The topological polar surface area (TPSA) is 38.7 Å². The summed E-state index contributed by atoms with van der Waals surface area (Å²) in [6.45, 7) is 0. The highest BCUT2D eigenvalue weighted by molar-refractivity contribution is 7.26. The van der Waals surface area contributed by atoms with Crippen molar-refractivity contribution in [1.82, 2.24) is 15.0 Å². The number of benzene rings is 9. The lowest BCUT2D eigenvalue weighted by Crippen LogP contribution is -2.00. The minimum atomic E-state index is 0.645. The molecule has 3 nitrogen and oxygen atoms in total. The molecule has 266 valence electrons. The minimum absolute atomic E-state index is 0.645. The molecule has 0 saturated heterocycles. The maximum absolute atomic E-state index is 5.24. The summed E-state index contributed by atoms with van der Waals surface area (Å²) in [5.41, 5.74) is 10.0. The Balaban J connectivity index is 1.06. The summed E-state index contributed by atoms with van der Waals surface area (Å²) in [6, 6.07) is 71.0. The number of fused-ring (bicyclic) bond motifs is 6. The Labute approximate surface area is 334 Å². The zero-order valence-corrected chi connectivity index (χ0v) is 31.6. The van der Waals surface area contributed by atoms with Gasteiger partial charge in [-0.1, -0.05) is 182 Å². The van der Waals surface area contributed by atoms with Gasteiger partial charge in [0.15, 0.2) is 17.5 Å². The molecule has 11 aromatic rings. The summed E-state index contributed by atoms with van der Waals surface area (Å²) >= 11 is 1.84.